The lowest BCUT2D eigenvalue weighted by atomic mass is 9.87. The van der Waals surface area contributed by atoms with Crippen molar-refractivity contribution in [2.24, 2.45) is 0 Å². The van der Waals surface area contributed by atoms with E-state index in [2.05, 4.69) is 0 Å². The predicted octanol–water partition coefficient (Wildman–Crippen LogP) is 5.39. The Kier molecular flexibility index (Phi) is 4.61. The number of hydrogen-bond donors (Lipinski definition) is 0. The van der Waals surface area contributed by atoms with E-state index in [9.17, 15) is 18.0 Å². The smallest absolute Gasteiger partial charge is 0.299 e. The van der Waals surface area contributed by atoms with Crippen molar-refractivity contribution in [3.63, 3.8) is 0 Å². The fourth-order valence-electron chi connectivity index (χ4n) is 2.37. The van der Waals surface area contributed by atoms with Crippen LogP contribution < -0.4 is 0 Å². The Morgan fingerprint density at radius 3 is 2.05 bits per heavy atom. The fourth-order valence-corrected chi connectivity index (χ4v) is 2.49. The van der Waals surface area contributed by atoms with E-state index in [1.807, 2.05) is 6.92 Å². The zero-order valence-corrected chi connectivity index (χ0v) is 12.8. The Balaban J connectivity index is 2.44. The van der Waals surface area contributed by atoms with Crippen LogP contribution in [0.4, 0.5) is 13.2 Å². The second kappa shape index (κ2) is 6.13. The standard InChI is InChI=1S/C17H14ClF3O/c1-10-9-13(5-8-15(10)18)16(11(2)22)12-3-6-14(7-4-12)17(19,20)21/h3-9,16H,1-2H3. The monoisotopic (exact) mass is 326 g/mol. The second-order valence-electron chi connectivity index (χ2n) is 5.17. The van der Waals surface area contributed by atoms with Gasteiger partial charge in [-0.3, -0.25) is 4.79 Å². The molecule has 2 rings (SSSR count). The third-order valence-electron chi connectivity index (χ3n) is 3.49. The average molecular weight is 327 g/mol. The van der Waals surface area contributed by atoms with Gasteiger partial charge in [0.25, 0.3) is 0 Å². The maximum absolute atomic E-state index is 12.6. The summed E-state index contributed by atoms with van der Waals surface area (Å²) < 4.78 is 37.9. The predicted molar refractivity (Wildman–Crippen MR) is 80.2 cm³/mol. The molecule has 0 aliphatic carbocycles. The number of rotatable bonds is 3. The largest absolute Gasteiger partial charge is 0.416 e. The summed E-state index contributed by atoms with van der Waals surface area (Å²) in [5.41, 5.74) is 1.33. The van der Waals surface area contributed by atoms with Crippen LogP contribution in [0.25, 0.3) is 0 Å². The molecule has 2 aromatic rings. The molecule has 0 bridgehead atoms. The first-order valence-electron chi connectivity index (χ1n) is 6.64. The Labute approximate surface area is 131 Å². The lowest BCUT2D eigenvalue weighted by Crippen LogP contribution is -2.12. The highest BCUT2D eigenvalue weighted by Crippen LogP contribution is 2.33. The van der Waals surface area contributed by atoms with Gasteiger partial charge in [0, 0.05) is 5.02 Å². The lowest BCUT2D eigenvalue weighted by Gasteiger charge is -2.17. The number of alkyl halides is 3. The first-order chi connectivity index (χ1) is 10.2. The van der Waals surface area contributed by atoms with Crippen LogP contribution >= 0.6 is 11.6 Å². The summed E-state index contributed by atoms with van der Waals surface area (Å²) in [4.78, 5) is 12.0. The minimum absolute atomic E-state index is 0.138. The number of Topliss-reactive ketones (excluding diaryl/α,β-unsaturated/α-hetero) is 1. The first kappa shape index (κ1) is 16.6. The van der Waals surface area contributed by atoms with Gasteiger partial charge in [0.2, 0.25) is 0 Å². The van der Waals surface area contributed by atoms with Crippen molar-refractivity contribution in [3.8, 4) is 0 Å². The van der Waals surface area contributed by atoms with Gasteiger partial charge in [0.15, 0.2) is 0 Å². The second-order valence-corrected chi connectivity index (χ2v) is 5.58. The third kappa shape index (κ3) is 3.50. The van der Waals surface area contributed by atoms with Gasteiger partial charge in [-0.1, -0.05) is 35.9 Å². The fraction of sp³-hybridized carbons (Fsp3) is 0.235. The highest BCUT2D eigenvalue weighted by Gasteiger charge is 2.30. The van der Waals surface area contributed by atoms with Crippen LogP contribution in [0.1, 0.15) is 35.1 Å². The van der Waals surface area contributed by atoms with Crippen LogP contribution in [0.15, 0.2) is 42.5 Å². The summed E-state index contributed by atoms with van der Waals surface area (Å²) in [6, 6.07) is 9.87. The average Bonchev–Trinajstić information content (AvgIpc) is 2.42. The number of ketones is 1. The SMILES string of the molecule is CC(=O)C(c1ccc(C(F)(F)F)cc1)c1ccc(Cl)c(C)c1. The van der Waals surface area contributed by atoms with Crippen molar-refractivity contribution in [1.29, 1.82) is 0 Å². The van der Waals surface area contributed by atoms with E-state index in [0.29, 0.717) is 16.1 Å². The van der Waals surface area contributed by atoms with E-state index in [1.165, 1.54) is 19.1 Å². The molecule has 0 saturated heterocycles. The molecule has 0 spiro atoms. The van der Waals surface area contributed by atoms with Crippen LogP contribution in [-0.4, -0.2) is 5.78 Å². The molecule has 1 atom stereocenters. The number of carbonyl (C=O) groups is 1. The summed E-state index contributed by atoms with van der Waals surface area (Å²) in [5, 5.41) is 0.582. The number of aryl methyl sites for hydroxylation is 1. The van der Waals surface area contributed by atoms with Gasteiger partial charge in [0.1, 0.15) is 5.78 Å². The zero-order valence-electron chi connectivity index (χ0n) is 12.0. The third-order valence-corrected chi connectivity index (χ3v) is 3.92. The Hall–Kier alpha value is -1.81. The zero-order chi connectivity index (χ0) is 16.5. The molecule has 2 aromatic carbocycles. The topological polar surface area (TPSA) is 17.1 Å². The van der Waals surface area contributed by atoms with Crippen molar-refractivity contribution in [2.75, 3.05) is 0 Å². The minimum Gasteiger partial charge on any atom is -0.299 e. The Morgan fingerprint density at radius 1 is 1.05 bits per heavy atom. The lowest BCUT2D eigenvalue weighted by molar-refractivity contribution is -0.137. The summed E-state index contributed by atoms with van der Waals surface area (Å²) in [6.45, 7) is 3.24. The molecule has 116 valence electrons. The van der Waals surface area contributed by atoms with E-state index in [1.54, 1.807) is 18.2 Å². The van der Waals surface area contributed by atoms with Crippen molar-refractivity contribution < 1.29 is 18.0 Å². The molecule has 1 unspecified atom stereocenters. The van der Waals surface area contributed by atoms with Crippen LogP contribution in [0.2, 0.25) is 5.02 Å². The minimum atomic E-state index is -4.39. The van der Waals surface area contributed by atoms with Gasteiger partial charge < -0.3 is 0 Å². The van der Waals surface area contributed by atoms with E-state index in [4.69, 9.17) is 11.6 Å². The van der Waals surface area contributed by atoms with Gasteiger partial charge in [-0.05, 0) is 48.7 Å². The summed E-state index contributed by atoms with van der Waals surface area (Å²) in [5.74, 6) is -0.736. The molecular formula is C17H14ClF3O. The molecule has 0 heterocycles. The number of carbonyl (C=O) groups excluding carboxylic acids is 1. The summed E-state index contributed by atoms with van der Waals surface area (Å²) in [7, 11) is 0. The maximum atomic E-state index is 12.6. The molecule has 0 N–H and O–H groups in total. The normalized spacial score (nSPS) is 13.0. The molecular weight excluding hydrogens is 313 g/mol. The van der Waals surface area contributed by atoms with Gasteiger partial charge in [0.05, 0.1) is 11.5 Å². The van der Waals surface area contributed by atoms with E-state index in [0.717, 1.165) is 17.7 Å². The molecule has 0 aromatic heterocycles. The highest BCUT2D eigenvalue weighted by atomic mass is 35.5. The molecule has 0 fully saturated rings. The van der Waals surface area contributed by atoms with Gasteiger partial charge >= 0.3 is 6.18 Å². The van der Waals surface area contributed by atoms with Gasteiger partial charge in [-0.15, -0.1) is 0 Å². The number of halogens is 4. The van der Waals surface area contributed by atoms with Crippen molar-refractivity contribution in [3.05, 3.63) is 69.7 Å². The molecule has 0 saturated carbocycles. The summed E-state index contributed by atoms with van der Waals surface area (Å²) in [6.07, 6.45) is -4.39. The van der Waals surface area contributed by atoms with Gasteiger partial charge in [-0.2, -0.15) is 13.2 Å². The van der Waals surface area contributed by atoms with Gasteiger partial charge in [-0.25, -0.2) is 0 Å². The quantitative estimate of drug-likeness (QED) is 0.739. The molecule has 0 radical (unpaired) electrons. The van der Waals surface area contributed by atoms with E-state index < -0.39 is 17.7 Å². The van der Waals surface area contributed by atoms with Crippen LogP contribution in [0.3, 0.4) is 0 Å². The summed E-state index contributed by atoms with van der Waals surface area (Å²) >= 11 is 5.97. The highest BCUT2D eigenvalue weighted by molar-refractivity contribution is 6.31. The van der Waals surface area contributed by atoms with Crippen LogP contribution in [0, 0.1) is 6.92 Å². The van der Waals surface area contributed by atoms with E-state index in [-0.39, 0.29) is 5.78 Å². The first-order valence-corrected chi connectivity index (χ1v) is 7.01. The van der Waals surface area contributed by atoms with Crippen molar-refractivity contribution >= 4 is 17.4 Å². The molecule has 22 heavy (non-hydrogen) atoms. The maximum Gasteiger partial charge on any atom is 0.416 e. The molecule has 1 nitrogen and oxygen atoms in total. The molecule has 0 aliphatic rings. The van der Waals surface area contributed by atoms with Crippen LogP contribution in [0.5, 0.6) is 0 Å². The molecule has 5 heteroatoms. The van der Waals surface area contributed by atoms with E-state index >= 15 is 0 Å². The molecule has 0 aliphatic heterocycles. The Bertz CT molecular complexity index is 690. The Morgan fingerprint density at radius 2 is 1.59 bits per heavy atom. The van der Waals surface area contributed by atoms with Crippen LogP contribution in [-0.2, 0) is 11.0 Å². The van der Waals surface area contributed by atoms with Crippen molar-refractivity contribution in [1.82, 2.24) is 0 Å². The molecule has 0 amide bonds. The number of benzene rings is 2. The number of hydrogen-bond acceptors (Lipinski definition) is 1. The van der Waals surface area contributed by atoms with Crippen molar-refractivity contribution in [2.45, 2.75) is 25.9 Å².